The Hall–Kier alpha value is -0.830. The number of aliphatic carboxylic acids is 1. The summed E-state index contributed by atoms with van der Waals surface area (Å²) in [5, 5.41) is 19.1. The van der Waals surface area contributed by atoms with Gasteiger partial charge in [-0.2, -0.15) is 0 Å². The average Bonchev–Trinajstić information content (AvgIpc) is 2.06. The Bertz CT molecular complexity index is 275. The van der Waals surface area contributed by atoms with Crippen LogP contribution in [0.4, 0.5) is 0 Å². The predicted octanol–water partition coefficient (Wildman–Crippen LogP) is 2.35. The van der Waals surface area contributed by atoms with E-state index < -0.39 is 17.0 Å². The van der Waals surface area contributed by atoms with Crippen molar-refractivity contribution in [2.24, 2.45) is 5.41 Å². The Morgan fingerprint density at radius 1 is 1.53 bits per heavy atom. The largest absolute Gasteiger partial charge is 0.481 e. The molecule has 0 aromatic heterocycles. The molecule has 1 atom stereocenters. The van der Waals surface area contributed by atoms with Gasteiger partial charge in [-0.15, -0.1) is 0 Å². The van der Waals surface area contributed by atoms with E-state index in [1.54, 1.807) is 13.8 Å². The Morgan fingerprint density at radius 2 is 2.13 bits per heavy atom. The highest BCUT2D eigenvalue weighted by atomic mass is 16.4. The molecule has 1 fully saturated rings. The topological polar surface area (TPSA) is 57.5 Å². The normalized spacial score (nSPS) is 27.8. The first-order chi connectivity index (χ1) is 6.79. The summed E-state index contributed by atoms with van der Waals surface area (Å²) in [6, 6.07) is 0. The van der Waals surface area contributed by atoms with E-state index >= 15 is 0 Å². The minimum absolute atomic E-state index is 0.0185. The van der Waals surface area contributed by atoms with E-state index in [0.717, 1.165) is 31.3 Å². The standard InChI is InChI=1S/C12H20O3/c1-9-6-4-5-7-12(9,8-10(13)14)11(2,3)15/h15H,1,4-8H2,2-3H3,(H,13,14). The molecule has 1 rings (SSSR count). The van der Waals surface area contributed by atoms with Crippen molar-refractivity contribution < 1.29 is 15.0 Å². The predicted molar refractivity (Wildman–Crippen MR) is 58.6 cm³/mol. The lowest BCUT2D eigenvalue weighted by Gasteiger charge is -2.47. The molecule has 0 aliphatic heterocycles. The number of aliphatic hydroxyl groups is 1. The third-order valence-corrected chi connectivity index (χ3v) is 3.63. The maximum absolute atomic E-state index is 10.9. The van der Waals surface area contributed by atoms with Crippen LogP contribution in [-0.4, -0.2) is 21.8 Å². The summed E-state index contributed by atoms with van der Waals surface area (Å²) in [5.41, 5.74) is -0.761. The highest BCUT2D eigenvalue weighted by Gasteiger charge is 2.48. The summed E-state index contributed by atoms with van der Waals surface area (Å²) in [6.07, 6.45) is 3.56. The fourth-order valence-corrected chi connectivity index (χ4v) is 2.61. The third-order valence-electron chi connectivity index (χ3n) is 3.63. The maximum atomic E-state index is 10.9. The van der Waals surface area contributed by atoms with Gasteiger partial charge in [0.2, 0.25) is 0 Å². The van der Waals surface area contributed by atoms with Crippen LogP contribution in [0, 0.1) is 5.41 Å². The first-order valence-corrected chi connectivity index (χ1v) is 5.42. The number of carboxylic acid groups (broad SMARTS) is 1. The van der Waals surface area contributed by atoms with E-state index in [2.05, 4.69) is 6.58 Å². The molecule has 0 radical (unpaired) electrons. The number of rotatable bonds is 3. The SMILES string of the molecule is C=C1CCCCC1(CC(=O)O)C(C)(C)O. The molecule has 0 heterocycles. The van der Waals surface area contributed by atoms with Crippen molar-refractivity contribution in [1.82, 2.24) is 0 Å². The first kappa shape index (κ1) is 12.2. The van der Waals surface area contributed by atoms with E-state index in [9.17, 15) is 9.90 Å². The zero-order valence-corrected chi connectivity index (χ0v) is 9.55. The molecule has 0 amide bonds. The van der Waals surface area contributed by atoms with Crippen LogP contribution < -0.4 is 0 Å². The molecule has 0 aromatic rings. The van der Waals surface area contributed by atoms with E-state index in [4.69, 9.17) is 5.11 Å². The molecule has 0 spiro atoms. The van der Waals surface area contributed by atoms with Gasteiger partial charge >= 0.3 is 5.97 Å². The van der Waals surface area contributed by atoms with Crippen molar-refractivity contribution in [2.75, 3.05) is 0 Å². The van der Waals surface area contributed by atoms with Crippen molar-refractivity contribution >= 4 is 5.97 Å². The van der Waals surface area contributed by atoms with Crippen molar-refractivity contribution in [1.29, 1.82) is 0 Å². The summed E-state index contributed by atoms with van der Waals surface area (Å²) >= 11 is 0. The Morgan fingerprint density at radius 3 is 2.53 bits per heavy atom. The van der Waals surface area contributed by atoms with Crippen LogP contribution in [-0.2, 0) is 4.79 Å². The van der Waals surface area contributed by atoms with Gasteiger partial charge in [0.15, 0.2) is 0 Å². The molecule has 2 N–H and O–H groups in total. The summed E-state index contributed by atoms with van der Waals surface area (Å²) < 4.78 is 0. The van der Waals surface area contributed by atoms with Gasteiger partial charge in [0.25, 0.3) is 0 Å². The lowest BCUT2D eigenvalue weighted by atomic mass is 9.60. The van der Waals surface area contributed by atoms with Crippen LogP contribution in [0.25, 0.3) is 0 Å². The molecule has 0 saturated heterocycles. The molecule has 0 bridgehead atoms. The molecule has 1 aliphatic rings. The van der Waals surface area contributed by atoms with E-state index in [-0.39, 0.29) is 6.42 Å². The summed E-state index contributed by atoms with van der Waals surface area (Å²) in [5.74, 6) is -0.861. The van der Waals surface area contributed by atoms with Crippen LogP contribution in [0.2, 0.25) is 0 Å². The fourth-order valence-electron chi connectivity index (χ4n) is 2.61. The van der Waals surface area contributed by atoms with Gasteiger partial charge in [-0.05, 0) is 33.1 Å². The minimum Gasteiger partial charge on any atom is -0.481 e. The van der Waals surface area contributed by atoms with Gasteiger partial charge < -0.3 is 10.2 Å². The molecule has 0 aromatic carbocycles. The van der Waals surface area contributed by atoms with Gasteiger partial charge in [0, 0.05) is 5.41 Å². The van der Waals surface area contributed by atoms with E-state index in [1.165, 1.54) is 0 Å². The number of hydrogen-bond acceptors (Lipinski definition) is 2. The molecule has 15 heavy (non-hydrogen) atoms. The Balaban J connectivity index is 3.04. The molecule has 3 heteroatoms. The molecular formula is C12H20O3. The average molecular weight is 212 g/mol. The van der Waals surface area contributed by atoms with Gasteiger partial charge in [-0.1, -0.05) is 18.6 Å². The van der Waals surface area contributed by atoms with Gasteiger partial charge in [-0.25, -0.2) is 0 Å². The van der Waals surface area contributed by atoms with Crippen LogP contribution in [0.15, 0.2) is 12.2 Å². The highest BCUT2D eigenvalue weighted by Crippen LogP contribution is 2.50. The van der Waals surface area contributed by atoms with E-state index in [1.807, 2.05) is 0 Å². The summed E-state index contributed by atoms with van der Waals surface area (Å²) in [7, 11) is 0. The zero-order chi connectivity index (χ0) is 11.7. The zero-order valence-electron chi connectivity index (χ0n) is 9.55. The summed E-state index contributed by atoms with van der Waals surface area (Å²) in [6.45, 7) is 7.34. The van der Waals surface area contributed by atoms with Crippen LogP contribution in [0.1, 0.15) is 46.0 Å². The maximum Gasteiger partial charge on any atom is 0.304 e. The molecule has 3 nitrogen and oxygen atoms in total. The van der Waals surface area contributed by atoms with Crippen molar-refractivity contribution in [3.63, 3.8) is 0 Å². The van der Waals surface area contributed by atoms with Crippen molar-refractivity contribution in [2.45, 2.75) is 51.6 Å². The lowest BCUT2D eigenvalue weighted by molar-refractivity contribution is -0.145. The molecule has 1 unspecified atom stereocenters. The second-order valence-corrected chi connectivity index (χ2v) is 5.02. The van der Waals surface area contributed by atoms with Crippen LogP contribution >= 0.6 is 0 Å². The highest BCUT2D eigenvalue weighted by molar-refractivity contribution is 5.69. The smallest absolute Gasteiger partial charge is 0.304 e. The number of hydrogen-bond donors (Lipinski definition) is 2. The first-order valence-electron chi connectivity index (χ1n) is 5.42. The van der Waals surface area contributed by atoms with Crippen molar-refractivity contribution in [3.05, 3.63) is 12.2 Å². The lowest BCUT2D eigenvalue weighted by Crippen LogP contribution is -2.47. The molecule has 1 saturated carbocycles. The second kappa shape index (κ2) is 3.97. The van der Waals surface area contributed by atoms with Gasteiger partial charge in [-0.3, -0.25) is 4.79 Å². The van der Waals surface area contributed by atoms with E-state index in [0.29, 0.717) is 0 Å². The van der Waals surface area contributed by atoms with Gasteiger partial charge in [0.1, 0.15) is 0 Å². The molecule has 1 aliphatic carbocycles. The minimum atomic E-state index is -1.01. The monoisotopic (exact) mass is 212 g/mol. The second-order valence-electron chi connectivity index (χ2n) is 5.02. The summed E-state index contributed by atoms with van der Waals surface area (Å²) in [4.78, 5) is 10.9. The van der Waals surface area contributed by atoms with Crippen molar-refractivity contribution in [3.8, 4) is 0 Å². The quantitative estimate of drug-likeness (QED) is 0.706. The van der Waals surface area contributed by atoms with Crippen LogP contribution in [0.3, 0.4) is 0 Å². The molecule has 86 valence electrons. The Kier molecular flexibility index (Phi) is 3.24. The molecular weight excluding hydrogens is 192 g/mol. The number of carbonyl (C=O) groups is 1. The Labute approximate surface area is 90.8 Å². The fraction of sp³-hybridized carbons (Fsp3) is 0.750. The van der Waals surface area contributed by atoms with Crippen LogP contribution in [0.5, 0.6) is 0 Å². The number of carboxylic acids is 1. The third kappa shape index (κ3) is 2.23. The van der Waals surface area contributed by atoms with Gasteiger partial charge in [0.05, 0.1) is 12.0 Å².